The quantitative estimate of drug-likeness (QED) is 0.326. The van der Waals surface area contributed by atoms with Gasteiger partial charge >= 0.3 is 5.97 Å². The summed E-state index contributed by atoms with van der Waals surface area (Å²) in [7, 11) is 1.49. The minimum Gasteiger partial charge on any atom is -0.469 e. The Morgan fingerprint density at radius 1 is 1.00 bits per heavy atom. The third kappa shape index (κ3) is 5.09. The topological polar surface area (TPSA) is 70.6 Å². The lowest BCUT2D eigenvalue weighted by Gasteiger charge is -2.62. The predicted octanol–water partition coefficient (Wildman–Crippen LogP) is 4.92. The van der Waals surface area contributed by atoms with Crippen molar-refractivity contribution >= 4 is 5.97 Å². The zero-order valence-electron chi connectivity index (χ0n) is 22.6. The Hall–Kier alpha value is -0.650. The lowest BCUT2D eigenvalue weighted by atomic mass is 9.44. The summed E-state index contributed by atoms with van der Waals surface area (Å²) < 4.78 is 4.86. The van der Waals surface area contributed by atoms with Crippen LogP contribution < -0.4 is 10.6 Å². The first-order chi connectivity index (χ1) is 16.2. The second-order valence-electron chi connectivity index (χ2n) is 13.1. The average Bonchev–Trinajstić information content (AvgIpc) is 3.13. The second-order valence-corrected chi connectivity index (χ2v) is 13.1. The molecule has 4 fully saturated rings. The molecule has 5 nitrogen and oxygen atoms in total. The molecule has 0 spiro atoms. The molecule has 0 aromatic carbocycles. The fourth-order valence-electron chi connectivity index (χ4n) is 9.30. The lowest BCUT2D eigenvalue weighted by Crippen LogP contribution is -2.59. The van der Waals surface area contributed by atoms with Gasteiger partial charge in [-0.25, -0.2) is 0 Å². The number of carbonyl (C=O) groups is 1. The Bertz CT molecular complexity index is 699. The first-order valence-corrected chi connectivity index (χ1v) is 14.4. The standard InChI is InChI=1S/C29H52N2O3/c1-19(2)30-15-16-31-21-11-13-29(4)24-12-14-28(3)20(7-6-8-27(33)34-5)9-10-23(28)22(24)18-26(32)25(29)17-21/h19-26,30-32H,6-18H2,1-5H3/t20?,21?,22?,23?,24?,25?,26-,28?,29?/m0/s1. The van der Waals surface area contributed by atoms with Crippen LogP contribution in [0.3, 0.4) is 0 Å². The third-order valence-corrected chi connectivity index (χ3v) is 11.1. The van der Waals surface area contributed by atoms with E-state index in [0.717, 1.165) is 56.5 Å². The molecule has 34 heavy (non-hydrogen) atoms. The first-order valence-electron chi connectivity index (χ1n) is 14.4. The summed E-state index contributed by atoms with van der Waals surface area (Å²) in [4.78, 5) is 11.6. The number of hydrogen-bond donors (Lipinski definition) is 3. The molecule has 0 saturated heterocycles. The van der Waals surface area contributed by atoms with Crippen molar-refractivity contribution in [2.75, 3.05) is 20.2 Å². The monoisotopic (exact) mass is 476 g/mol. The molecule has 5 heteroatoms. The van der Waals surface area contributed by atoms with E-state index in [2.05, 4.69) is 38.3 Å². The highest BCUT2D eigenvalue weighted by atomic mass is 16.5. The molecule has 3 N–H and O–H groups in total. The Labute approximate surface area is 208 Å². The van der Waals surface area contributed by atoms with Crippen LogP contribution in [0.2, 0.25) is 0 Å². The summed E-state index contributed by atoms with van der Waals surface area (Å²) in [5, 5.41) is 18.8. The molecule has 0 radical (unpaired) electrons. The maximum absolute atomic E-state index is 11.6. The summed E-state index contributed by atoms with van der Waals surface area (Å²) >= 11 is 0. The fraction of sp³-hybridized carbons (Fsp3) is 0.966. The van der Waals surface area contributed by atoms with E-state index in [1.165, 1.54) is 45.6 Å². The average molecular weight is 477 g/mol. The molecule has 0 aromatic heterocycles. The molecule has 4 aliphatic carbocycles. The fourth-order valence-corrected chi connectivity index (χ4v) is 9.30. The maximum atomic E-state index is 11.6. The minimum absolute atomic E-state index is 0.0703. The zero-order valence-corrected chi connectivity index (χ0v) is 22.6. The van der Waals surface area contributed by atoms with Crippen LogP contribution in [0, 0.1) is 40.4 Å². The van der Waals surface area contributed by atoms with Gasteiger partial charge in [-0.1, -0.05) is 27.7 Å². The van der Waals surface area contributed by atoms with Crippen molar-refractivity contribution in [1.29, 1.82) is 0 Å². The van der Waals surface area contributed by atoms with Crippen molar-refractivity contribution in [3.8, 4) is 0 Å². The van der Waals surface area contributed by atoms with Crippen molar-refractivity contribution in [3.63, 3.8) is 0 Å². The van der Waals surface area contributed by atoms with Crippen LogP contribution >= 0.6 is 0 Å². The van der Waals surface area contributed by atoms with Gasteiger partial charge in [-0.05, 0) is 105 Å². The van der Waals surface area contributed by atoms with E-state index in [1.807, 2.05) is 0 Å². The molecular formula is C29H52N2O3. The summed E-state index contributed by atoms with van der Waals surface area (Å²) in [6.07, 6.45) is 12.5. The number of methoxy groups -OCH3 is 1. The molecule has 196 valence electrons. The van der Waals surface area contributed by atoms with Crippen molar-refractivity contribution in [2.24, 2.45) is 40.4 Å². The summed E-state index contributed by atoms with van der Waals surface area (Å²) in [5.41, 5.74) is 0.684. The molecule has 0 aromatic rings. The lowest BCUT2D eigenvalue weighted by molar-refractivity contribution is -0.161. The highest BCUT2D eigenvalue weighted by Crippen LogP contribution is 2.67. The smallest absolute Gasteiger partial charge is 0.305 e. The van der Waals surface area contributed by atoms with Gasteiger partial charge in [-0.15, -0.1) is 0 Å². The summed E-state index contributed by atoms with van der Waals surface area (Å²) in [5.74, 6) is 3.31. The van der Waals surface area contributed by atoms with E-state index in [4.69, 9.17) is 4.74 Å². The van der Waals surface area contributed by atoms with Gasteiger partial charge in [0, 0.05) is 31.6 Å². The Morgan fingerprint density at radius 3 is 2.47 bits per heavy atom. The van der Waals surface area contributed by atoms with Gasteiger partial charge in [0.15, 0.2) is 0 Å². The van der Waals surface area contributed by atoms with Crippen LogP contribution in [0.4, 0.5) is 0 Å². The Morgan fingerprint density at radius 2 is 1.74 bits per heavy atom. The molecule has 4 saturated carbocycles. The van der Waals surface area contributed by atoms with Gasteiger partial charge in [0.05, 0.1) is 13.2 Å². The van der Waals surface area contributed by atoms with E-state index in [-0.39, 0.29) is 12.1 Å². The number of aliphatic hydroxyl groups excluding tert-OH is 1. The zero-order chi connectivity index (χ0) is 24.5. The number of ether oxygens (including phenoxy) is 1. The largest absolute Gasteiger partial charge is 0.469 e. The van der Waals surface area contributed by atoms with Crippen molar-refractivity contribution in [3.05, 3.63) is 0 Å². The van der Waals surface area contributed by atoms with Crippen molar-refractivity contribution in [2.45, 2.75) is 117 Å². The number of carbonyl (C=O) groups excluding carboxylic acids is 1. The first kappa shape index (κ1) is 26.4. The molecule has 0 aliphatic heterocycles. The number of esters is 1. The number of nitrogens with one attached hydrogen (secondary N) is 2. The van der Waals surface area contributed by atoms with Crippen LogP contribution in [0.1, 0.15) is 98.3 Å². The molecule has 4 rings (SSSR count). The molecule has 0 heterocycles. The van der Waals surface area contributed by atoms with Crippen molar-refractivity contribution < 1.29 is 14.6 Å². The molecule has 0 amide bonds. The number of fused-ring (bicyclic) bond motifs is 5. The maximum Gasteiger partial charge on any atom is 0.305 e. The Balaban J connectivity index is 1.38. The van der Waals surface area contributed by atoms with Crippen LogP contribution in [0.25, 0.3) is 0 Å². The third-order valence-electron chi connectivity index (χ3n) is 11.1. The minimum atomic E-state index is -0.148. The van der Waals surface area contributed by atoms with Crippen LogP contribution in [0.15, 0.2) is 0 Å². The molecular weight excluding hydrogens is 424 g/mol. The van der Waals surface area contributed by atoms with Gasteiger partial charge < -0.3 is 20.5 Å². The SMILES string of the molecule is COC(=O)CCCC1CCC2C3C[C@H](O)C4CC(NCCNC(C)C)CCC4(C)C3CCC12C. The highest BCUT2D eigenvalue weighted by molar-refractivity contribution is 5.68. The Kier molecular flexibility index (Phi) is 8.36. The van der Waals surface area contributed by atoms with Crippen LogP contribution in [-0.2, 0) is 9.53 Å². The van der Waals surface area contributed by atoms with E-state index >= 15 is 0 Å². The second kappa shape index (κ2) is 10.8. The van der Waals surface area contributed by atoms with Gasteiger partial charge in [-0.3, -0.25) is 4.79 Å². The van der Waals surface area contributed by atoms with Crippen molar-refractivity contribution in [1.82, 2.24) is 10.6 Å². The predicted molar refractivity (Wildman–Crippen MR) is 137 cm³/mol. The number of hydrogen-bond acceptors (Lipinski definition) is 5. The normalized spacial score (nSPS) is 43.8. The van der Waals surface area contributed by atoms with Crippen LogP contribution in [-0.4, -0.2) is 49.5 Å². The number of aliphatic hydroxyl groups is 1. The van der Waals surface area contributed by atoms with E-state index in [9.17, 15) is 9.90 Å². The van der Waals surface area contributed by atoms with Gasteiger partial charge in [-0.2, -0.15) is 0 Å². The van der Waals surface area contributed by atoms with Crippen LogP contribution in [0.5, 0.6) is 0 Å². The molecule has 8 unspecified atom stereocenters. The van der Waals surface area contributed by atoms with E-state index < -0.39 is 0 Å². The summed E-state index contributed by atoms with van der Waals surface area (Å²) in [6, 6.07) is 1.09. The molecule has 0 bridgehead atoms. The van der Waals surface area contributed by atoms with Gasteiger partial charge in [0.2, 0.25) is 0 Å². The van der Waals surface area contributed by atoms with E-state index in [1.54, 1.807) is 0 Å². The number of rotatable bonds is 9. The summed E-state index contributed by atoms with van der Waals surface area (Å²) in [6.45, 7) is 11.5. The van der Waals surface area contributed by atoms with Gasteiger partial charge in [0.1, 0.15) is 0 Å². The molecule has 9 atom stereocenters. The highest BCUT2D eigenvalue weighted by Gasteiger charge is 2.61. The van der Waals surface area contributed by atoms with Gasteiger partial charge in [0.25, 0.3) is 0 Å². The molecule has 4 aliphatic rings. The van der Waals surface area contributed by atoms with E-state index in [0.29, 0.717) is 41.2 Å².